The maximum Gasteiger partial charge on any atom is 0.0637 e. The second-order valence-corrected chi connectivity index (χ2v) is 4.05. The molecule has 0 aromatic heterocycles. The van der Waals surface area contributed by atoms with Crippen molar-refractivity contribution in [2.24, 2.45) is 0 Å². The highest BCUT2D eigenvalue weighted by atomic mass is 35.5. The molecule has 0 amide bonds. The van der Waals surface area contributed by atoms with Gasteiger partial charge in [0.05, 0.1) is 10.7 Å². The van der Waals surface area contributed by atoms with Gasteiger partial charge in [0.25, 0.3) is 0 Å². The SMILES string of the molecule is Clc1ccccc1NCCc1ccccc1. The molecule has 0 saturated carbocycles. The van der Waals surface area contributed by atoms with Crippen LogP contribution in [0.1, 0.15) is 5.56 Å². The number of hydrogen-bond acceptors (Lipinski definition) is 1. The summed E-state index contributed by atoms with van der Waals surface area (Å²) < 4.78 is 0. The van der Waals surface area contributed by atoms with E-state index in [9.17, 15) is 0 Å². The van der Waals surface area contributed by atoms with E-state index in [1.165, 1.54) is 5.56 Å². The highest BCUT2D eigenvalue weighted by Gasteiger charge is 1.97. The minimum absolute atomic E-state index is 0.774. The van der Waals surface area contributed by atoms with E-state index in [0.29, 0.717) is 0 Å². The standard InChI is InChI=1S/C14H14ClN/c15-13-8-4-5-9-14(13)16-11-10-12-6-2-1-3-7-12/h1-9,16H,10-11H2. The summed E-state index contributed by atoms with van der Waals surface area (Å²) in [4.78, 5) is 0. The molecule has 0 saturated heterocycles. The average Bonchev–Trinajstić information content (AvgIpc) is 2.33. The van der Waals surface area contributed by atoms with Crippen LogP contribution in [0.2, 0.25) is 5.02 Å². The van der Waals surface area contributed by atoms with E-state index >= 15 is 0 Å². The summed E-state index contributed by atoms with van der Waals surface area (Å²) in [7, 11) is 0. The van der Waals surface area contributed by atoms with Gasteiger partial charge in [-0.25, -0.2) is 0 Å². The molecule has 0 radical (unpaired) electrons. The molecule has 0 atom stereocenters. The zero-order valence-electron chi connectivity index (χ0n) is 8.99. The van der Waals surface area contributed by atoms with Crippen LogP contribution in [0.3, 0.4) is 0 Å². The molecule has 0 spiro atoms. The van der Waals surface area contributed by atoms with Crippen LogP contribution in [0, 0.1) is 0 Å². The van der Waals surface area contributed by atoms with Crippen LogP contribution < -0.4 is 5.32 Å². The molecule has 0 aliphatic rings. The van der Waals surface area contributed by atoms with Gasteiger partial charge >= 0.3 is 0 Å². The Morgan fingerprint density at radius 3 is 2.31 bits per heavy atom. The molecule has 16 heavy (non-hydrogen) atoms. The van der Waals surface area contributed by atoms with Crippen molar-refractivity contribution in [1.82, 2.24) is 0 Å². The minimum atomic E-state index is 0.774. The molecule has 0 bridgehead atoms. The van der Waals surface area contributed by atoms with Gasteiger partial charge in [-0.1, -0.05) is 54.1 Å². The number of benzene rings is 2. The highest BCUT2D eigenvalue weighted by molar-refractivity contribution is 6.33. The van der Waals surface area contributed by atoms with Gasteiger partial charge in [0.1, 0.15) is 0 Å². The van der Waals surface area contributed by atoms with E-state index in [1.54, 1.807) is 0 Å². The summed E-state index contributed by atoms with van der Waals surface area (Å²) >= 11 is 6.04. The Morgan fingerprint density at radius 2 is 1.56 bits per heavy atom. The van der Waals surface area contributed by atoms with Crippen LogP contribution in [0.4, 0.5) is 5.69 Å². The van der Waals surface area contributed by atoms with Gasteiger partial charge in [-0.3, -0.25) is 0 Å². The normalized spacial score (nSPS) is 10.1. The second-order valence-electron chi connectivity index (χ2n) is 3.64. The Morgan fingerprint density at radius 1 is 0.875 bits per heavy atom. The van der Waals surface area contributed by atoms with Crippen molar-refractivity contribution in [3.8, 4) is 0 Å². The van der Waals surface area contributed by atoms with E-state index in [4.69, 9.17) is 11.6 Å². The molecule has 0 fully saturated rings. The summed E-state index contributed by atoms with van der Waals surface area (Å²) in [5, 5.41) is 4.10. The first kappa shape index (κ1) is 11.0. The van der Waals surface area contributed by atoms with Gasteiger partial charge in [0.2, 0.25) is 0 Å². The molecule has 0 aliphatic heterocycles. The lowest BCUT2D eigenvalue weighted by molar-refractivity contribution is 1.02. The lowest BCUT2D eigenvalue weighted by Gasteiger charge is -2.07. The summed E-state index contributed by atoms with van der Waals surface area (Å²) in [6, 6.07) is 18.2. The third kappa shape index (κ3) is 3.01. The Balaban J connectivity index is 1.87. The molecule has 2 aromatic rings. The molecular formula is C14H14ClN. The molecule has 2 rings (SSSR count). The van der Waals surface area contributed by atoms with Crippen LogP contribution in [0.15, 0.2) is 54.6 Å². The number of hydrogen-bond donors (Lipinski definition) is 1. The van der Waals surface area contributed by atoms with Crippen LogP contribution >= 0.6 is 11.6 Å². The Bertz CT molecular complexity index is 439. The summed E-state index contributed by atoms with van der Waals surface area (Å²) in [6.45, 7) is 0.897. The number of nitrogens with one attached hydrogen (secondary N) is 1. The first-order valence-corrected chi connectivity index (χ1v) is 5.76. The van der Waals surface area contributed by atoms with Crippen molar-refractivity contribution in [1.29, 1.82) is 0 Å². The van der Waals surface area contributed by atoms with Gasteiger partial charge in [0, 0.05) is 6.54 Å². The topological polar surface area (TPSA) is 12.0 Å². The van der Waals surface area contributed by atoms with E-state index in [0.717, 1.165) is 23.7 Å². The van der Waals surface area contributed by atoms with Crippen molar-refractivity contribution in [2.75, 3.05) is 11.9 Å². The molecule has 2 aromatic carbocycles. The van der Waals surface area contributed by atoms with Gasteiger partial charge in [-0.05, 0) is 24.1 Å². The monoisotopic (exact) mass is 231 g/mol. The van der Waals surface area contributed by atoms with Crippen molar-refractivity contribution in [3.05, 3.63) is 65.2 Å². The molecule has 0 heterocycles. The average molecular weight is 232 g/mol. The van der Waals surface area contributed by atoms with E-state index < -0.39 is 0 Å². The Kier molecular flexibility index (Phi) is 3.84. The quantitative estimate of drug-likeness (QED) is 0.839. The van der Waals surface area contributed by atoms with Crippen LogP contribution in [-0.4, -0.2) is 6.54 Å². The second kappa shape index (κ2) is 5.57. The smallest absolute Gasteiger partial charge is 0.0637 e. The first-order chi connectivity index (χ1) is 7.86. The largest absolute Gasteiger partial charge is 0.384 e. The minimum Gasteiger partial charge on any atom is -0.384 e. The lowest BCUT2D eigenvalue weighted by Crippen LogP contribution is -2.04. The Labute approximate surface area is 101 Å². The fourth-order valence-electron chi connectivity index (χ4n) is 1.59. The van der Waals surface area contributed by atoms with E-state index in [2.05, 4.69) is 29.6 Å². The number of halogens is 1. The molecule has 2 heteroatoms. The highest BCUT2D eigenvalue weighted by Crippen LogP contribution is 2.20. The van der Waals surface area contributed by atoms with Gasteiger partial charge in [-0.2, -0.15) is 0 Å². The van der Waals surface area contributed by atoms with Crippen LogP contribution in [0.25, 0.3) is 0 Å². The third-order valence-electron chi connectivity index (χ3n) is 2.45. The maximum absolute atomic E-state index is 6.04. The molecular weight excluding hydrogens is 218 g/mol. The van der Waals surface area contributed by atoms with Crippen molar-refractivity contribution in [3.63, 3.8) is 0 Å². The van der Waals surface area contributed by atoms with Crippen LogP contribution in [-0.2, 0) is 6.42 Å². The van der Waals surface area contributed by atoms with Crippen molar-refractivity contribution in [2.45, 2.75) is 6.42 Å². The van der Waals surface area contributed by atoms with Crippen LogP contribution in [0.5, 0.6) is 0 Å². The lowest BCUT2D eigenvalue weighted by atomic mass is 10.1. The number of anilines is 1. The number of rotatable bonds is 4. The molecule has 1 nitrogen and oxygen atoms in total. The van der Waals surface area contributed by atoms with Gasteiger partial charge in [-0.15, -0.1) is 0 Å². The molecule has 82 valence electrons. The third-order valence-corrected chi connectivity index (χ3v) is 2.78. The van der Waals surface area contributed by atoms with E-state index in [-0.39, 0.29) is 0 Å². The molecule has 0 aliphatic carbocycles. The van der Waals surface area contributed by atoms with Crippen molar-refractivity contribution >= 4 is 17.3 Å². The maximum atomic E-state index is 6.04. The summed E-state index contributed by atoms with van der Waals surface area (Å²) in [6.07, 6.45) is 1.01. The fourth-order valence-corrected chi connectivity index (χ4v) is 1.79. The zero-order chi connectivity index (χ0) is 11.2. The predicted molar refractivity (Wildman–Crippen MR) is 70.1 cm³/mol. The van der Waals surface area contributed by atoms with Gasteiger partial charge < -0.3 is 5.32 Å². The molecule has 1 N–H and O–H groups in total. The summed E-state index contributed by atoms with van der Waals surface area (Å²) in [5.74, 6) is 0. The Hall–Kier alpha value is -1.47. The molecule has 0 unspecified atom stereocenters. The van der Waals surface area contributed by atoms with Crippen molar-refractivity contribution < 1.29 is 0 Å². The first-order valence-electron chi connectivity index (χ1n) is 5.38. The number of para-hydroxylation sites is 1. The zero-order valence-corrected chi connectivity index (χ0v) is 9.74. The van der Waals surface area contributed by atoms with Gasteiger partial charge in [0.15, 0.2) is 0 Å². The summed E-state index contributed by atoms with van der Waals surface area (Å²) in [5.41, 5.74) is 2.34. The van der Waals surface area contributed by atoms with E-state index in [1.807, 2.05) is 30.3 Å². The fraction of sp³-hybridized carbons (Fsp3) is 0.143. The predicted octanol–water partition coefficient (Wildman–Crippen LogP) is 3.99.